The van der Waals surface area contributed by atoms with Crippen molar-refractivity contribution in [3.8, 4) is 0 Å². The summed E-state index contributed by atoms with van der Waals surface area (Å²) in [5.41, 5.74) is 0.337. The van der Waals surface area contributed by atoms with Crippen molar-refractivity contribution in [1.29, 1.82) is 0 Å². The Balaban J connectivity index is 2.21. The lowest BCUT2D eigenvalue weighted by Gasteiger charge is -2.36. The van der Waals surface area contributed by atoms with Crippen LogP contribution in [0.25, 0.3) is 0 Å². The highest BCUT2D eigenvalue weighted by Gasteiger charge is 2.56. The van der Waals surface area contributed by atoms with E-state index in [2.05, 4.69) is 15.9 Å². The molecule has 1 aromatic carbocycles. The fourth-order valence-electron chi connectivity index (χ4n) is 1.82. The van der Waals surface area contributed by atoms with E-state index in [0.717, 1.165) is 4.47 Å². The molecule has 7 heteroatoms. The van der Waals surface area contributed by atoms with Gasteiger partial charge in [0.1, 0.15) is 0 Å². The fourth-order valence-corrected chi connectivity index (χ4v) is 2.28. The van der Waals surface area contributed by atoms with E-state index in [1.807, 2.05) is 0 Å². The summed E-state index contributed by atoms with van der Waals surface area (Å²) in [6, 6.07) is 6.48. The zero-order valence-corrected chi connectivity index (χ0v) is 13.7. The first-order valence-electron chi connectivity index (χ1n) is 6.09. The fraction of sp³-hybridized carbons (Fsp3) is 0.357. The molecule has 0 unspecified atom stereocenters. The topological polar surface area (TPSA) is 69.7 Å². The molecule has 112 valence electrons. The second-order valence-electron chi connectivity index (χ2n) is 5.09. The van der Waals surface area contributed by atoms with Gasteiger partial charge in [-0.15, -0.1) is 0 Å². The zero-order chi connectivity index (χ0) is 15.8. The molecule has 1 aromatic rings. The van der Waals surface area contributed by atoms with Gasteiger partial charge < -0.3 is 9.47 Å². The van der Waals surface area contributed by atoms with Crippen molar-refractivity contribution in [1.82, 2.24) is 0 Å². The number of benzene rings is 1. The molecule has 0 aliphatic carbocycles. The number of esters is 2. The first-order chi connectivity index (χ1) is 9.64. The molecule has 21 heavy (non-hydrogen) atoms. The largest absolute Gasteiger partial charge is 0.421 e. The SMILES string of the molecule is CC1(C)OC(=O)C(Cl)(CC(=O)c2ccc(Br)cc2)C(=O)O1. The highest BCUT2D eigenvalue weighted by Crippen LogP contribution is 2.34. The summed E-state index contributed by atoms with van der Waals surface area (Å²) in [6.07, 6.45) is -0.524. The molecule has 0 aromatic heterocycles. The van der Waals surface area contributed by atoms with Gasteiger partial charge in [0.25, 0.3) is 5.79 Å². The highest BCUT2D eigenvalue weighted by atomic mass is 79.9. The molecule has 2 rings (SSSR count). The first kappa shape index (κ1) is 16.0. The van der Waals surface area contributed by atoms with Crippen molar-refractivity contribution in [3.05, 3.63) is 34.3 Å². The quantitative estimate of drug-likeness (QED) is 0.352. The molecule has 0 atom stereocenters. The Hall–Kier alpha value is -1.40. The summed E-state index contributed by atoms with van der Waals surface area (Å²) in [5, 5.41) is 0. The summed E-state index contributed by atoms with van der Waals surface area (Å²) in [6.45, 7) is 2.83. The molecule has 0 radical (unpaired) electrons. The molecule has 0 saturated carbocycles. The Morgan fingerprint density at radius 1 is 1.14 bits per heavy atom. The summed E-state index contributed by atoms with van der Waals surface area (Å²) in [5.74, 6) is -3.79. The highest BCUT2D eigenvalue weighted by molar-refractivity contribution is 9.10. The third kappa shape index (κ3) is 3.27. The van der Waals surface area contributed by atoms with E-state index in [1.165, 1.54) is 13.8 Å². The van der Waals surface area contributed by atoms with Crippen LogP contribution >= 0.6 is 27.5 Å². The van der Waals surface area contributed by atoms with Crippen LogP contribution in [0.5, 0.6) is 0 Å². The van der Waals surface area contributed by atoms with Crippen LogP contribution in [0.15, 0.2) is 28.7 Å². The predicted molar refractivity (Wildman–Crippen MR) is 77.9 cm³/mol. The van der Waals surface area contributed by atoms with Crippen LogP contribution in [0, 0.1) is 0 Å². The van der Waals surface area contributed by atoms with Gasteiger partial charge in [-0.1, -0.05) is 39.7 Å². The van der Waals surface area contributed by atoms with Crippen molar-refractivity contribution in [2.45, 2.75) is 30.9 Å². The molecule has 1 heterocycles. The van der Waals surface area contributed by atoms with Crippen LogP contribution in [0.3, 0.4) is 0 Å². The normalized spacial score (nSPS) is 19.6. The van der Waals surface area contributed by atoms with Crippen LogP contribution in [-0.4, -0.2) is 28.4 Å². The zero-order valence-electron chi connectivity index (χ0n) is 11.3. The van der Waals surface area contributed by atoms with Crippen molar-refractivity contribution in [2.24, 2.45) is 0 Å². The Bertz CT molecular complexity index is 588. The van der Waals surface area contributed by atoms with Gasteiger partial charge in [0.15, 0.2) is 5.78 Å². The Kier molecular flexibility index (Phi) is 4.13. The van der Waals surface area contributed by atoms with Gasteiger partial charge in [-0.25, -0.2) is 9.59 Å². The van der Waals surface area contributed by atoms with Crippen LogP contribution in [-0.2, 0) is 19.1 Å². The second kappa shape index (κ2) is 5.42. The Labute approximate surface area is 134 Å². The number of rotatable bonds is 3. The van der Waals surface area contributed by atoms with E-state index in [0.29, 0.717) is 5.56 Å². The number of ketones is 1. The van der Waals surface area contributed by atoms with E-state index in [9.17, 15) is 14.4 Å². The maximum absolute atomic E-state index is 12.2. The summed E-state index contributed by atoms with van der Waals surface area (Å²) >= 11 is 9.25. The van der Waals surface area contributed by atoms with Gasteiger partial charge in [0, 0.05) is 23.9 Å². The number of carbonyl (C=O) groups is 3. The minimum atomic E-state index is -2.14. The van der Waals surface area contributed by atoms with E-state index in [4.69, 9.17) is 21.1 Å². The number of hydrogen-bond donors (Lipinski definition) is 0. The Morgan fingerprint density at radius 2 is 1.62 bits per heavy atom. The lowest BCUT2D eigenvalue weighted by Crippen LogP contribution is -2.56. The van der Waals surface area contributed by atoms with Gasteiger partial charge in [0.2, 0.25) is 4.87 Å². The van der Waals surface area contributed by atoms with Gasteiger partial charge >= 0.3 is 11.9 Å². The van der Waals surface area contributed by atoms with Crippen molar-refractivity contribution in [3.63, 3.8) is 0 Å². The van der Waals surface area contributed by atoms with Gasteiger partial charge in [-0.05, 0) is 12.1 Å². The number of cyclic esters (lactones) is 2. The van der Waals surface area contributed by atoms with Crippen LogP contribution in [0.2, 0.25) is 0 Å². The lowest BCUT2D eigenvalue weighted by molar-refractivity contribution is -0.237. The standard InChI is InChI=1S/C14H12BrClO5/c1-13(2)20-11(18)14(16,12(19)21-13)7-10(17)8-3-5-9(15)6-4-8/h3-6H,7H2,1-2H3. The summed E-state index contributed by atoms with van der Waals surface area (Å²) in [7, 11) is 0. The summed E-state index contributed by atoms with van der Waals surface area (Å²) in [4.78, 5) is 33.9. The molecule has 1 saturated heterocycles. The third-order valence-corrected chi connectivity index (χ3v) is 3.87. The average Bonchev–Trinajstić information content (AvgIpc) is 2.36. The molecule has 1 aliphatic rings. The van der Waals surface area contributed by atoms with Crippen molar-refractivity contribution >= 4 is 45.3 Å². The predicted octanol–water partition coefficient (Wildman–Crippen LogP) is 2.84. The maximum Gasteiger partial charge on any atom is 0.342 e. The van der Waals surface area contributed by atoms with E-state index in [-0.39, 0.29) is 0 Å². The first-order valence-corrected chi connectivity index (χ1v) is 7.26. The minimum absolute atomic E-state index is 0.337. The van der Waals surface area contributed by atoms with Gasteiger partial charge in [-0.2, -0.15) is 0 Å². The average molecular weight is 376 g/mol. The molecule has 0 amide bonds. The number of carbonyl (C=O) groups excluding carboxylic acids is 3. The number of Topliss-reactive ketones (excluding diaryl/α,β-unsaturated/α-hetero) is 1. The third-order valence-electron chi connectivity index (χ3n) is 2.89. The van der Waals surface area contributed by atoms with Crippen LogP contribution < -0.4 is 0 Å². The second-order valence-corrected chi connectivity index (χ2v) is 6.65. The molecule has 0 N–H and O–H groups in total. The molecule has 1 aliphatic heterocycles. The summed E-state index contributed by atoms with van der Waals surface area (Å²) < 4.78 is 10.7. The van der Waals surface area contributed by atoms with E-state index in [1.54, 1.807) is 24.3 Å². The van der Waals surface area contributed by atoms with Crippen molar-refractivity contribution < 1.29 is 23.9 Å². The van der Waals surface area contributed by atoms with Crippen LogP contribution in [0.4, 0.5) is 0 Å². The number of halogens is 2. The molecular formula is C14H12BrClO5. The molecule has 0 spiro atoms. The molecule has 0 bridgehead atoms. The smallest absolute Gasteiger partial charge is 0.342 e. The maximum atomic E-state index is 12.2. The minimum Gasteiger partial charge on any atom is -0.421 e. The molecule has 5 nitrogen and oxygen atoms in total. The van der Waals surface area contributed by atoms with Gasteiger partial charge in [0.05, 0.1) is 6.42 Å². The molecular weight excluding hydrogens is 364 g/mol. The lowest BCUT2D eigenvalue weighted by atomic mass is 9.96. The Morgan fingerprint density at radius 3 is 2.10 bits per heavy atom. The number of ether oxygens (including phenoxy) is 2. The molecule has 1 fully saturated rings. The van der Waals surface area contributed by atoms with Gasteiger partial charge in [-0.3, -0.25) is 4.79 Å². The number of hydrogen-bond acceptors (Lipinski definition) is 5. The van der Waals surface area contributed by atoms with Crippen molar-refractivity contribution in [2.75, 3.05) is 0 Å². The van der Waals surface area contributed by atoms with Crippen LogP contribution in [0.1, 0.15) is 30.6 Å². The van der Waals surface area contributed by atoms with E-state index < -0.39 is 34.8 Å². The monoisotopic (exact) mass is 374 g/mol. The number of alkyl halides is 1. The van der Waals surface area contributed by atoms with E-state index >= 15 is 0 Å².